The van der Waals surface area contributed by atoms with Crippen molar-refractivity contribution in [2.24, 2.45) is 0 Å². The third-order valence-corrected chi connectivity index (χ3v) is 3.46. The lowest BCUT2D eigenvalue weighted by molar-refractivity contribution is -0.263. The fraction of sp³-hybridized carbons (Fsp3) is 0.455. The van der Waals surface area contributed by atoms with Crippen LogP contribution in [0.5, 0.6) is 0 Å². The average molecular weight is 256 g/mol. The zero-order valence-electron chi connectivity index (χ0n) is 8.98. The molecule has 1 aromatic rings. The topological polar surface area (TPSA) is 54.0 Å². The van der Waals surface area contributed by atoms with E-state index in [2.05, 4.69) is 0 Å². The van der Waals surface area contributed by atoms with E-state index in [0.29, 0.717) is 6.61 Å². The first-order chi connectivity index (χ1) is 8.33. The lowest BCUT2D eigenvalue weighted by Gasteiger charge is -2.37. The van der Waals surface area contributed by atoms with E-state index in [1.54, 1.807) is 0 Å². The zero-order chi connectivity index (χ0) is 11.7. The van der Waals surface area contributed by atoms with E-state index in [1.807, 2.05) is 30.3 Å². The second-order valence-electron chi connectivity index (χ2n) is 3.87. The number of ether oxygens (including phenoxy) is 2. The summed E-state index contributed by atoms with van der Waals surface area (Å²) in [6, 6.07) is 9.67. The molecule has 0 amide bonds. The molecule has 0 N–H and O–H groups in total. The van der Waals surface area contributed by atoms with E-state index >= 15 is 0 Å². The van der Waals surface area contributed by atoms with Crippen LogP contribution in [0.2, 0.25) is 0 Å². The molecular formula is C11H12O5S. The van der Waals surface area contributed by atoms with Crippen LogP contribution in [0.1, 0.15) is 11.9 Å². The molecular weight excluding hydrogens is 244 g/mol. The van der Waals surface area contributed by atoms with Gasteiger partial charge >= 0.3 is 11.4 Å². The van der Waals surface area contributed by atoms with Gasteiger partial charge in [-0.05, 0) is 0 Å². The minimum Gasteiger partial charge on any atom is -0.346 e. The highest BCUT2D eigenvalue weighted by Crippen LogP contribution is 2.29. The highest BCUT2D eigenvalue weighted by molar-refractivity contribution is 7.75. The molecule has 0 aromatic heterocycles. The van der Waals surface area contributed by atoms with Crippen LogP contribution in [0, 0.1) is 0 Å². The zero-order valence-corrected chi connectivity index (χ0v) is 9.80. The summed E-state index contributed by atoms with van der Waals surface area (Å²) in [6.07, 6.45) is -0.951. The van der Waals surface area contributed by atoms with Gasteiger partial charge in [0.1, 0.15) is 12.2 Å². The summed E-state index contributed by atoms with van der Waals surface area (Å²) in [7, 11) is 0. The largest absolute Gasteiger partial charge is 0.346 e. The molecule has 2 aliphatic rings. The Kier molecular flexibility index (Phi) is 3.21. The van der Waals surface area contributed by atoms with Crippen molar-refractivity contribution in [2.45, 2.75) is 18.5 Å². The molecule has 2 saturated heterocycles. The van der Waals surface area contributed by atoms with Gasteiger partial charge in [0.15, 0.2) is 6.29 Å². The maximum absolute atomic E-state index is 11.0. The molecule has 0 aliphatic carbocycles. The number of fused-ring (bicyclic) bond motifs is 1. The fourth-order valence-corrected chi connectivity index (χ4v) is 2.53. The van der Waals surface area contributed by atoms with Gasteiger partial charge in [-0.2, -0.15) is 4.21 Å². The molecule has 0 bridgehead atoms. The van der Waals surface area contributed by atoms with Gasteiger partial charge in [0.2, 0.25) is 0 Å². The molecule has 17 heavy (non-hydrogen) atoms. The van der Waals surface area contributed by atoms with Crippen molar-refractivity contribution in [3.05, 3.63) is 35.9 Å². The quantitative estimate of drug-likeness (QED) is 0.753. The van der Waals surface area contributed by atoms with E-state index in [9.17, 15) is 4.21 Å². The molecule has 0 radical (unpaired) electrons. The number of rotatable bonds is 1. The van der Waals surface area contributed by atoms with Crippen LogP contribution in [-0.2, 0) is 29.2 Å². The molecule has 4 atom stereocenters. The van der Waals surface area contributed by atoms with Crippen molar-refractivity contribution in [3.63, 3.8) is 0 Å². The third-order valence-electron chi connectivity index (χ3n) is 2.73. The van der Waals surface area contributed by atoms with Crippen LogP contribution in [0.4, 0.5) is 0 Å². The van der Waals surface area contributed by atoms with Crippen LogP contribution in [0.25, 0.3) is 0 Å². The second kappa shape index (κ2) is 4.83. The predicted molar refractivity (Wildman–Crippen MR) is 59.0 cm³/mol. The van der Waals surface area contributed by atoms with Gasteiger partial charge in [0.25, 0.3) is 0 Å². The van der Waals surface area contributed by atoms with E-state index < -0.39 is 17.7 Å². The van der Waals surface area contributed by atoms with E-state index in [1.165, 1.54) is 0 Å². The fourth-order valence-electron chi connectivity index (χ4n) is 1.85. The van der Waals surface area contributed by atoms with Gasteiger partial charge in [0, 0.05) is 5.56 Å². The van der Waals surface area contributed by atoms with Gasteiger partial charge < -0.3 is 9.47 Å². The third kappa shape index (κ3) is 2.41. The molecule has 1 aromatic carbocycles. The lowest BCUT2D eigenvalue weighted by Crippen LogP contribution is -2.48. The molecule has 5 nitrogen and oxygen atoms in total. The first-order valence-electron chi connectivity index (χ1n) is 5.37. The molecule has 0 spiro atoms. The molecule has 2 heterocycles. The van der Waals surface area contributed by atoms with Crippen LogP contribution < -0.4 is 0 Å². The van der Waals surface area contributed by atoms with E-state index in [-0.39, 0.29) is 18.8 Å². The number of benzene rings is 1. The van der Waals surface area contributed by atoms with Crippen molar-refractivity contribution in [1.82, 2.24) is 0 Å². The number of hydrogen-bond acceptors (Lipinski definition) is 5. The summed E-state index contributed by atoms with van der Waals surface area (Å²) in [5, 5.41) is 0. The maximum atomic E-state index is 11.0. The summed E-state index contributed by atoms with van der Waals surface area (Å²) in [4.78, 5) is 0. The molecule has 3 unspecified atom stereocenters. The van der Waals surface area contributed by atoms with Crippen molar-refractivity contribution in [1.29, 1.82) is 0 Å². The van der Waals surface area contributed by atoms with E-state index in [4.69, 9.17) is 17.8 Å². The molecule has 2 fully saturated rings. The Hall–Kier alpha value is -0.790. The monoisotopic (exact) mass is 256 g/mol. The van der Waals surface area contributed by atoms with Gasteiger partial charge in [-0.1, -0.05) is 30.3 Å². The van der Waals surface area contributed by atoms with Crippen LogP contribution in [0.3, 0.4) is 0 Å². The summed E-state index contributed by atoms with van der Waals surface area (Å²) in [6.45, 7) is 0.628. The van der Waals surface area contributed by atoms with Crippen molar-refractivity contribution < 1.29 is 22.0 Å². The van der Waals surface area contributed by atoms with Crippen molar-refractivity contribution >= 4 is 11.4 Å². The van der Waals surface area contributed by atoms with Gasteiger partial charge in [-0.3, -0.25) is 8.37 Å². The minimum atomic E-state index is -1.67. The minimum absolute atomic E-state index is 0.230. The van der Waals surface area contributed by atoms with Gasteiger partial charge in [0.05, 0.1) is 13.2 Å². The summed E-state index contributed by atoms with van der Waals surface area (Å²) in [5.74, 6) is 0. The van der Waals surface area contributed by atoms with Crippen molar-refractivity contribution in [3.8, 4) is 0 Å². The first kappa shape index (κ1) is 11.3. The van der Waals surface area contributed by atoms with Gasteiger partial charge in [-0.25, -0.2) is 0 Å². The Balaban J connectivity index is 1.70. The van der Waals surface area contributed by atoms with Gasteiger partial charge in [-0.15, -0.1) is 0 Å². The summed E-state index contributed by atoms with van der Waals surface area (Å²) < 4.78 is 32.3. The average Bonchev–Trinajstić information content (AvgIpc) is 2.39. The smallest absolute Gasteiger partial charge is 0.305 e. The molecule has 6 heteroatoms. The molecule has 92 valence electrons. The normalized spacial score (nSPS) is 37.4. The molecule has 2 aliphatic heterocycles. The van der Waals surface area contributed by atoms with Crippen molar-refractivity contribution in [2.75, 3.05) is 13.2 Å². The van der Waals surface area contributed by atoms with E-state index in [0.717, 1.165) is 5.56 Å². The molecule has 0 saturated carbocycles. The van der Waals surface area contributed by atoms with Crippen LogP contribution in [-0.4, -0.2) is 29.6 Å². The Morgan fingerprint density at radius 1 is 1.12 bits per heavy atom. The Morgan fingerprint density at radius 3 is 2.76 bits per heavy atom. The second-order valence-corrected chi connectivity index (χ2v) is 4.71. The van der Waals surface area contributed by atoms with Crippen LogP contribution in [0.15, 0.2) is 30.3 Å². The highest BCUT2D eigenvalue weighted by Gasteiger charge is 2.38. The number of hydrogen-bond donors (Lipinski definition) is 0. The molecule has 3 rings (SSSR count). The maximum Gasteiger partial charge on any atom is 0.305 e. The highest BCUT2D eigenvalue weighted by atomic mass is 32.2. The Morgan fingerprint density at radius 2 is 1.94 bits per heavy atom. The Bertz CT molecular complexity index is 410. The predicted octanol–water partition coefficient (Wildman–Crippen LogP) is 1.09. The first-order valence-corrected chi connectivity index (χ1v) is 6.37. The Labute approximate surface area is 101 Å². The SMILES string of the molecule is O=S1OC[C@@H]2OC(c3ccccc3)OCC2O1. The van der Waals surface area contributed by atoms with Crippen LogP contribution >= 0.6 is 0 Å². The lowest BCUT2D eigenvalue weighted by atomic mass is 10.1. The summed E-state index contributed by atoms with van der Waals surface area (Å²) in [5.41, 5.74) is 0.956. The summed E-state index contributed by atoms with van der Waals surface area (Å²) >= 11 is -1.67. The standard InChI is InChI=1S/C11H12O5S/c12-17-14-7-9-10(16-17)6-13-11(15-9)8-4-2-1-3-5-8/h1-5,9-11H,6-7H2/t9-,10?,11?,17?/m0/s1.